The van der Waals surface area contributed by atoms with Crippen LogP contribution in [0.25, 0.3) is 11.0 Å². The third kappa shape index (κ3) is 3.79. The summed E-state index contributed by atoms with van der Waals surface area (Å²) in [6, 6.07) is 12.9. The van der Waals surface area contributed by atoms with E-state index in [-0.39, 0.29) is 39.5 Å². The molecule has 0 saturated carbocycles. The highest BCUT2D eigenvalue weighted by molar-refractivity contribution is 6.32. The van der Waals surface area contributed by atoms with E-state index in [1.54, 1.807) is 31.3 Å². The van der Waals surface area contributed by atoms with Crippen molar-refractivity contribution < 1.29 is 9.72 Å². The lowest BCUT2D eigenvalue weighted by Crippen LogP contribution is -2.36. The highest BCUT2D eigenvalue weighted by Crippen LogP contribution is 2.28. The lowest BCUT2D eigenvalue weighted by Gasteiger charge is -2.07. The molecule has 10 nitrogen and oxygen atoms in total. The number of benzene rings is 2. The zero-order valence-electron chi connectivity index (χ0n) is 16.7. The number of aromatic amines is 1. The Balaban J connectivity index is 1.74. The summed E-state index contributed by atoms with van der Waals surface area (Å²) in [6.45, 7) is 0.0755. The molecule has 11 heteroatoms. The predicted molar refractivity (Wildman–Crippen MR) is 119 cm³/mol. The largest absolute Gasteiger partial charge is 0.344 e. The van der Waals surface area contributed by atoms with Crippen LogP contribution in [0.4, 0.5) is 11.4 Å². The molecular formula is C21H16ClN5O5. The minimum atomic E-state index is -0.664. The average Bonchev–Trinajstić information content (AvgIpc) is 3.09. The maximum atomic E-state index is 13.0. The van der Waals surface area contributed by atoms with Crippen LogP contribution in [0.15, 0.2) is 64.3 Å². The summed E-state index contributed by atoms with van der Waals surface area (Å²) in [4.78, 5) is 51.5. The molecule has 0 saturated heterocycles. The van der Waals surface area contributed by atoms with Crippen LogP contribution in [0.3, 0.4) is 0 Å². The number of hydrogen-bond acceptors (Lipinski definition) is 5. The Morgan fingerprint density at radius 3 is 2.59 bits per heavy atom. The van der Waals surface area contributed by atoms with Crippen molar-refractivity contribution in [1.29, 1.82) is 0 Å². The number of H-pyrrole nitrogens is 1. The molecular weight excluding hydrogens is 438 g/mol. The SMILES string of the molecule is Cn1cc(C(=O)Nc2ccc(Cl)c([N+](=O)[O-])c2)c2[nH]c(=O)n(Cc3ccccc3)c(=O)c21. The van der Waals surface area contributed by atoms with Crippen LogP contribution in [-0.4, -0.2) is 24.9 Å². The first-order chi connectivity index (χ1) is 15.3. The summed E-state index contributed by atoms with van der Waals surface area (Å²) in [5.41, 5.74) is -0.384. The van der Waals surface area contributed by atoms with Gasteiger partial charge in [-0.3, -0.25) is 24.3 Å². The molecule has 4 rings (SSSR count). The molecule has 0 unspecified atom stereocenters. The Morgan fingerprint density at radius 2 is 1.91 bits per heavy atom. The quantitative estimate of drug-likeness (QED) is 0.354. The number of anilines is 1. The minimum Gasteiger partial charge on any atom is -0.344 e. The Hall–Kier alpha value is -4.18. The lowest BCUT2D eigenvalue weighted by molar-refractivity contribution is -0.384. The highest BCUT2D eigenvalue weighted by Gasteiger charge is 2.21. The molecule has 2 aromatic heterocycles. The molecule has 0 aliphatic heterocycles. The van der Waals surface area contributed by atoms with E-state index in [4.69, 9.17) is 11.6 Å². The van der Waals surface area contributed by atoms with Crippen molar-refractivity contribution in [3.8, 4) is 0 Å². The summed E-state index contributed by atoms with van der Waals surface area (Å²) >= 11 is 5.80. The number of nitrogens with zero attached hydrogens (tertiary/aromatic N) is 3. The Bertz CT molecular complexity index is 1490. The van der Waals surface area contributed by atoms with Gasteiger partial charge in [0.2, 0.25) is 0 Å². The lowest BCUT2D eigenvalue weighted by atomic mass is 10.2. The van der Waals surface area contributed by atoms with Crippen molar-refractivity contribution in [3.63, 3.8) is 0 Å². The number of aryl methyl sites for hydroxylation is 1. The van der Waals surface area contributed by atoms with E-state index in [0.29, 0.717) is 0 Å². The fourth-order valence-corrected chi connectivity index (χ4v) is 3.60. The number of nitro benzene ring substituents is 1. The van der Waals surface area contributed by atoms with Gasteiger partial charge in [-0.2, -0.15) is 0 Å². The Morgan fingerprint density at radius 1 is 1.19 bits per heavy atom. The zero-order valence-corrected chi connectivity index (χ0v) is 17.4. The number of nitrogens with one attached hydrogen (secondary N) is 2. The molecule has 2 aromatic carbocycles. The molecule has 32 heavy (non-hydrogen) atoms. The molecule has 162 valence electrons. The molecule has 4 aromatic rings. The van der Waals surface area contributed by atoms with Crippen LogP contribution in [0.1, 0.15) is 15.9 Å². The van der Waals surface area contributed by atoms with Crippen LogP contribution < -0.4 is 16.6 Å². The summed E-state index contributed by atoms with van der Waals surface area (Å²) in [7, 11) is 1.58. The topological polar surface area (TPSA) is 132 Å². The van der Waals surface area contributed by atoms with Crippen molar-refractivity contribution >= 4 is 39.9 Å². The number of amides is 1. The maximum absolute atomic E-state index is 13.0. The van der Waals surface area contributed by atoms with Gasteiger partial charge in [0.05, 0.1) is 22.5 Å². The number of hydrogen-bond donors (Lipinski definition) is 2. The molecule has 0 aliphatic carbocycles. The Kier molecular flexibility index (Phi) is 5.37. The molecule has 0 fully saturated rings. The number of carbonyl (C=O) groups excluding carboxylic acids is 1. The summed E-state index contributed by atoms with van der Waals surface area (Å²) in [5.74, 6) is -0.650. The van der Waals surface area contributed by atoms with Crippen molar-refractivity contribution in [3.05, 3.63) is 102 Å². The summed E-state index contributed by atoms with van der Waals surface area (Å²) < 4.78 is 2.51. The molecule has 2 N–H and O–H groups in total. The van der Waals surface area contributed by atoms with Crippen molar-refractivity contribution in [1.82, 2.24) is 14.1 Å². The van der Waals surface area contributed by atoms with Crippen molar-refractivity contribution in [2.24, 2.45) is 7.05 Å². The number of rotatable bonds is 5. The van der Waals surface area contributed by atoms with Gasteiger partial charge in [0.15, 0.2) is 0 Å². The van der Waals surface area contributed by atoms with Crippen molar-refractivity contribution in [2.45, 2.75) is 6.54 Å². The smallest absolute Gasteiger partial charge is 0.329 e. The molecule has 2 heterocycles. The van der Waals surface area contributed by atoms with E-state index in [2.05, 4.69) is 10.3 Å². The average molecular weight is 454 g/mol. The van der Waals surface area contributed by atoms with E-state index in [1.165, 1.54) is 22.9 Å². The van der Waals surface area contributed by atoms with Crippen LogP contribution in [0.5, 0.6) is 0 Å². The molecule has 0 atom stereocenters. The number of aromatic nitrogens is 3. The third-order valence-corrected chi connectivity index (χ3v) is 5.25. The predicted octanol–water partition coefficient (Wildman–Crippen LogP) is 2.89. The van der Waals surface area contributed by atoms with E-state index in [1.807, 2.05) is 6.07 Å². The normalized spacial score (nSPS) is 10.9. The van der Waals surface area contributed by atoms with Gasteiger partial charge in [0, 0.05) is 25.0 Å². The van der Waals surface area contributed by atoms with Gasteiger partial charge in [-0.25, -0.2) is 4.79 Å². The third-order valence-electron chi connectivity index (χ3n) is 4.94. The molecule has 1 amide bonds. The van der Waals surface area contributed by atoms with Gasteiger partial charge in [0.1, 0.15) is 10.5 Å². The van der Waals surface area contributed by atoms with Gasteiger partial charge >= 0.3 is 5.69 Å². The van der Waals surface area contributed by atoms with Gasteiger partial charge in [0.25, 0.3) is 17.2 Å². The first-order valence-electron chi connectivity index (χ1n) is 9.37. The van der Waals surface area contributed by atoms with Gasteiger partial charge in [-0.1, -0.05) is 41.9 Å². The van der Waals surface area contributed by atoms with E-state index < -0.39 is 22.1 Å². The zero-order chi connectivity index (χ0) is 23.0. The van der Waals surface area contributed by atoms with Gasteiger partial charge < -0.3 is 14.9 Å². The highest BCUT2D eigenvalue weighted by atomic mass is 35.5. The number of halogens is 1. The monoisotopic (exact) mass is 453 g/mol. The fraction of sp³-hybridized carbons (Fsp3) is 0.0952. The molecule has 0 spiro atoms. The van der Waals surface area contributed by atoms with E-state index in [9.17, 15) is 24.5 Å². The van der Waals surface area contributed by atoms with Gasteiger partial charge in [-0.15, -0.1) is 0 Å². The second kappa shape index (κ2) is 8.16. The summed E-state index contributed by atoms with van der Waals surface area (Å²) in [6.07, 6.45) is 1.41. The maximum Gasteiger partial charge on any atom is 0.329 e. The van der Waals surface area contributed by atoms with Crippen LogP contribution in [0.2, 0.25) is 5.02 Å². The molecule has 0 radical (unpaired) electrons. The number of carbonyl (C=O) groups is 1. The first-order valence-corrected chi connectivity index (χ1v) is 9.75. The fourth-order valence-electron chi connectivity index (χ4n) is 3.42. The molecule has 0 aliphatic rings. The minimum absolute atomic E-state index is 0.0427. The number of fused-ring (bicyclic) bond motifs is 1. The van der Waals surface area contributed by atoms with E-state index >= 15 is 0 Å². The first kappa shape index (κ1) is 21.1. The standard InChI is InChI=1S/C21H16ClN5O5/c1-25-11-14(19(28)23-13-7-8-15(22)16(9-13)27(31)32)17-18(25)20(29)26(21(30)24-17)10-12-5-3-2-4-6-12/h2-9,11H,10H2,1H3,(H,23,28)(H,24,30). The van der Waals surface area contributed by atoms with Gasteiger partial charge in [-0.05, 0) is 17.7 Å². The van der Waals surface area contributed by atoms with E-state index in [0.717, 1.165) is 16.2 Å². The number of nitro groups is 1. The van der Waals surface area contributed by atoms with Crippen LogP contribution >= 0.6 is 11.6 Å². The van der Waals surface area contributed by atoms with Crippen LogP contribution in [0, 0.1) is 10.1 Å². The molecule has 0 bridgehead atoms. The van der Waals surface area contributed by atoms with Crippen molar-refractivity contribution in [2.75, 3.05) is 5.32 Å². The van der Waals surface area contributed by atoms with Crippen LogP contribution in [-0.2, 0) is 13.6 Å². The second-order valence-corrected chi connectivity index (χ2v) is 7.47. The second-order valence-electron chi connectivity index (χ2n) is 7.06. The Labute approximate surface area is 184 Å². The summed E-state index contributed by atoms with van der Waals surface area (Å²) in [5, 5.41) is 13.5.